The number of imide groups is 2. The molecule has 4 amide bonds. The predicted octanol–water partition coefficient (Wildman–Crippen LogP) is 4.33. The summed E-state index contributed by atoms with van der Waals surface area (Å²) in [4.78, 5) is 38.8. The smallest absolute Gasteiger partial charge is 0.335 e. The fraction of sp³-hybridized carbons (Fsp3) is 0.190. The van der Waals surface area contributed by atoms with Crippen LogP contribution in [0.1, 0.15) is 18.1 Å². The Morgan fingerprint density at radius 3 is 2.63 bits per heavy atom. The van der Waals surface area contributed by atoms with Crippen molar-refractivity contribution in [3.05, 3.63) is 55.6 Å². The number of halogens is 2. The van der Waals surface area contributed by atoms with Gasteiger partial charge in [0.1, 0.15) is 5.57 Å². The molecular weight excluding hydrogens is 523 g/mol. The maximum atomic E-state index is 13.1. The molecule has 7 nitrogen and oxygen atoms in total. The molecule has 1 heterocycles. The second-order valence-electron chi connectivity index (χ2n) is 6.31. The highest BCUT2D eigenvalue weighted by molar-refractivity contribution is 14.1. The summed E-state index contributed by atoms with van der Waals surface area (Å²) >= 11 is 8.23. The predicted molar refractivity (Wildman–Crippen MR) is 122 cm³/mol. The number of hydrogen-bond acceptors (Lipinski definition) is 5. The number of urea groups is 1. The number of nitrogens with zero attached hydrogens (tertiary/aromatic N) is 1. The molecule has 1 N–H and O–H groups in total. The molecule has 0 aliphatic carbocycles. The zero-order valence-corrected chi connectivity index (χ0v) is 19.3. The van der Waals surface area contributed by atoms with E-state index < -0.39 is 17.8 Å². The number of anilines is 1. The van der Waals surface area contributed by atoms with Crippen molar-refractivity contribution >= 4 is 63.8 Å². The molecule has 0 aromatic heterocycles. The maximum absolute atomic E-state index is 13.1. The van der Waals surface area contributed by atoms with Crippen LogP contribution in [0.15, 0.2) is 35.9 Å². The highest BCUT2D eigenvalue weighted by Crippen LogP contribution is 2.35. The Hall–Kier alpha value is -2.59. The van der Waals surface area contributed by atoms with Gasteiger partial charge in [0.2, 0.25) is 0 Å². The highest BCUT2D eigenvalue weighted by atomic mass is 127. The van der Waals surface area contributed by atoms with E-state index in [-0.39, 0.29) is 5.57 Å². The van der Waals surface area contributed by atoms with Crippen LogP contribution in [-0.4, -0.2) is 31.6 Å². The van der Waals surface area contributed by atoms with Gasteiger partial charge in [-0.15, -0.1) is 0 Å². The maximum Gasteiger partial charge on any atom is 0.335 e. The van der Waals surface area contributed by atoms with Crippen molar-refractivity contribution in [2.75, 3.05) is 18.6 Å². The number of ether oxygens (including phenoxy) is 2. The van der Waals surface area contributed by atoms with E-state index in [4.69, 9.17) is 21.1 Å². The molecule has 1 saturated heterocycles. The molecule has 0 radical (unpaired) electrons. The monoisotopic (exact) mass is 540 g/mol. The lowest BCUT2D eigenvalue weighted by Crippen LogP contribution is -2.54. The average molecular weight is 541 g/mol. The Balaban J connectivity index is 2.07. The Kier molecular flexibility index (Phi) is 6.67. The average Bonchev–Trinajstić information content (AvgIpc) is 2.70. The van der Waals surface area contributed by atoms with E-state index in [0.717, 1.165) is 8.47 Å². The van der Waals surface area contributed by atoms with E-state index in [9.17, 15) is 14.4 Å². The quantitative estimate of drug-likeness (QED) is 0.347. The SMILES string of the molecule is CCOc1c(I)cc(/C=C2\C(=O)NC(=O)N(c3cccc(Cl)c3C)C2=O)cc1OC. The van der Waals surface area contributed by atoms with Crippen molar-refractivity contribution in [1.82, 2.24) is 5.32 Å². The van der Waals surface area contributed by atoms with E-state index in [2.05, 4.69) is 27.9 Å². The van der Waals surface area contributed by atoms with Crippen molar-refractivity contribution < 1.29 is 23.9 Å². The minimum Gasteiger partial charge on any atom is -0.493 e. The van der Waals surface area contributed by atoms with Crippen LogP contribution in [-0.2, 0) is 9.59 Å². The molecule has 0 spiro atoms. The number of methoxy groups -OCH3 is 1. The number of benzene rings is 2. The van der Waals surface area contributed by atoms with E-state index in [1.54, 1.807) is 37.3 Å². The van der Waals surface area contributed by atoms with Crippen LogP contribution < -0.4 is 19.7 Å². The normalized spacial score (nSPS) is 15.4. The van der Waals surface area contributed by atoms with Gasteiger partial charge in [-0.3, -0.25) is 14.9 Å². The minimum atomic E-state index is -0.827. The Labute approximate surface area is 192 Å². The molecule has 1 fully saturated rings. The molecule has 0 bridgehead atoms. The Morgan fingerprint density at radius 1 is 1.23 bits per heavy atom. The number of carbonyl (C=O) groups excluding carboxylic acids is 3. The summed E-state index contributed by atoms with van der Waals surface area (Å²) in [5, 5.41) is 2.61. The Morgan fingerprint density at radius 2 is 1.97 bits per heavy atom. The van der Waals surface area contributed by atoms with Crippen LogP contribution in [0.25, 0.3) is 6.08 Å². The van der Waals surface area contributed by atoms with Gasteiger partial charge in [-0.1, -0.05) is 17.7 Å². The van der Waals surface area contributed by atoms with E-state index in [1.165, 1.54) is 13.2 Å². The van der Waals surface area contributed by atoms with Gasteiger partial charge >= 0.3 is 6.03 Å². The molecule has 1 aliphatic heterocycles. The summed E-state index contributed by atoms with van der Waals surface area (Å²) in [6.45, 7) is 4.02. The molecule has 1 aliphatic rings. The van der Waals surface area contributed by atoms with Gasteiger partial charge in [0.25, 0.3) is 11.8 Å². The van der Waals surface area contributed by atoms with Crippen LogP contribution in [0.4, 0.5) is 10.5 Å². The third-order valence-electron chi connectivity index (χ3n) is 4.43. The van der Waals surface area contributed by atoms with E-state index >= 15 is 0 Å². The van der Waals surface area contributed by atoms with Gasteiger partial charge in [0.15, 0.2) is 11.5 Å². The third kappa shape index (κ3) is 4.15. The third-order valence-corrected chi connectivity index (χ3v) is 5.64. The van der Waals surface area contributed by atoms with Crippen LogP contribution in [0.5, 0.6) is 11.5 Å². The summed E-state index contributed by atoms with van der Waals surface area (Å²) in [5.74, 6) is -0.466. The number of rotatable bonds is 5. The van der Waals surface area contributed by atoms with Crippen molar-refractivity contribution in [1.29, 1.82) is 0 Å². The number of carbonyl (C=O) groups is 3. The largest absolute Gasteiger partial charge is 0.493 e. The fourth-order valence-corrected chi connectivity index (χ4v) is 3.94. The zero-order chi connectivity index (χ0) is 22.0. The van der Waals surface area contributed by atoms with Crippen molar-refractivity contribution in [2.45, 2.75) is 13.8 Å². The summed E-state index contributed by atoms with van der Waals surface area (Å²) < 4.78 is 11.7. The number of hydrogen-bond donors (Lipinski definition) is 1. The second-order valence-corrected chi connectivity index (χ2v) is 7.88. The lowest BCUT2D eigenvalue weighted by Gasteiger charge is -2.27. The van der Waals surface area contributed by atoms with Gasteiger partial charge in [0.05, 0.1) is 23.0 Å². The van der Waals surface area contributed by atoms with E-state index in [1.807, 2.05) is 6.92 Å². The number of barbiturate groups is 1. The lowest BCUT2D eigenvalue weighted by atomic mass is 10.1. The molecule has 156 valence electrons. The van der Waals surface area contributed by atoms with Crippen molar-refractivity contribution in [3.8, 4) is 11.5 Å². The summed E-state index contributed by atoms with van der Waals surface area (Å²) in [7, 11) is 1.51. The molecule has 2 aromatic carbocycles. The standard InChI is InChI=1S/C21H18ClIN2O5/c1-4-30-18-15(23)9-12(10-17(18)29-3)8-13-19(26)24-21(28)25(20(13)27)16-7-5-6-14(22)11(16)2/h5-10H,4H2,1-3H3,(H,24,26,28)/b13-8+. The summed E-state index contributed by atoms with van der Waals surface area (Å²) in [5.41, 5.74) is 1.22. The van der Waals surface area contributed by atoms with Crippen LogP contribution in [0, 0.1) is 10.5 Å². The first-order chi connectivity index (χ1) is 14.3. The summed E-state index contributed by atoms with van der Waals surface area (Å²) in [6, 6.07) is 7.47. The lowest BCUT2D eigenvalue weighted by molar-refractivity contribution is -0.122. The minimum absolute atomic E-state index is 0.184. The fourth-order valence-electron chi connectivity index (χ4n) is 2.99. The molecule has 0 atom stereocenters. The molecular formula is C21H18ClIN2O5. The van der Waals surface area contributed by atoms with Gasteiger partial charge in [-0.25, -0.2) is 9.69 Å². The molecule has 0 saturated carbocycles. The highest BCUT2D eigenvalue weighted by Gasteiger charge is 2.37. The number of amides is 4. The topological polar surface area (TPSA) is 84.9 Å². The molecule has 0 unspecified atom stereocenters. The van der Waals surface area contributed by atoms with Gasteiger partial charge in [-0.2, -0.15) is 0 Å². The molecule has 30 heavy (non-hydrogen) atoms. The van der Waals surface area contributed by atoms with Crippen LogP contribution in [0.2, 0.25) is 5.02 Å². The second kappa shape index (κ2) is 9.05. The van der Waals surface area contributed by atoms with Gasteiger partial charge < -0.3 is 9.47 Å². The molecule has 9 heteroatoms. The van der Waals surface area contributed by atoms with Crippen LogP contribution in [0.3, 0.4) is 0 Å². The first kappa shape index (κ1) is 22.1. The molecule has 2 aromatic rings. The summed E-state index contributed by atoms with van der Waals surface area (Å²) in [6.07, 6.45) is 1.41. The van der Waals surface area contributed by atoms with Gasteiger partial charge in [0, 0.05) is 5.02 Å². The van der Waals surface area contributed by atoms with Gasteiger partial charge in [-0.05, 0) is 77.9 Å². The molecule has 3 rings (SSSR count). The zero-order valence-electron chi connectivity index (χ0n) is 16.4. The Bertz CT molecular complexity index is 1080. The first-order valence-corrected chi connectivity index (χ1v) is 10.4. The van der Waals surface area contributed by atoms with E-state index in [0.29, 0.717) is 39.9 Å². The van der Waals surface area contributed by atoms with Crippen molar-refractivity contribution in [3.63, 3.8) is 0 Å². The van der Waals surface area contributed by atoms with Crippen molar-refractivity contribution in [2.24, 2.45) is 0 Å². The first-order valence-electron chi connectivity index (χ1n) is 8.95. The van der Waals surface area contributed by atoms with Crippen LogP contribution >= 0.6 is 34.2 Å². The number of nitrogens with one attached hydrogen (secondary N) is 1.